The summed E-state index contributed by atoms with van der Waals surface area (Å²) in [6.45, 7) is 3.72. The van der Waals surface area contributed by atoms with E-state index in [4.69, 9.17) is 4.74 Å². The molecule has 0 aliphatic carbocycles. The number of methoxy groups -OCH3 is 1. The Morgan fingerprint density at radius 1 is 1.48 bits per heavy atom. The van der Waals surface area contributed by atoms with Gasteiger partial charge in [-0.25, -0.2) is 4.98 Å². The zero-order valence-corrected chi connectivity index (χ0v) is 13.3. The highest BCUT2D eigenvalue weighted by atomic mass is 16.5. The fourth-order valence-corrected chi connectivity index (χ4v) is 2.87. The monoisotopic (exact) mass is 315 g/mol. The molecular weight excluding hydrogens is 294 g/mol. The van der Waals surface area contributed by atoms with Gasteiger partial charge in [0.2, 0.25) is 5.91 Å². The molecule has 122 valence electrons. The average molecular weight is 315 g/mol. The first-order chi connectivity index (χ1) is 11.1. The van der Waals surface area contributed by atoms with E-state index in [1.54, 1.807) is 7.11 Å². The molecule has 1 fully saturated rings. The highest BCUT2D eigenvalue weighted by Gasteiger charge is 2.41. The highest BCUT2D eigenvalue weighted by Crippen LogP contribution is 2.28. The second-order valence-electron chi connectivity index (χ2n) is 5.92. The largest absolute Gasteiger partial charge is 0.384 e. The number of nitrogens with zero attached hydrogens (tertiary/aromatic N) is 2. The van der Waals surface area contributed by atoms with Crippen molar-refractivity contribution >= 4 is 11.6 Å². The summed E-state index contributed by atoms with van der Waals surface area (Å²) in [6.07, 6.45) is 0.770. The molecule has 0 spiro atoms. The number of anilines is 1. The number of ether oxygens (including phenoxy) is 1. The van der Waals surface area contributed by atoms with E-state index in [2.05, 4.69) is 25.8 Å². The Labute approximate surface area is 134 Å². The smallest absolute Gasteiger partial charge is 0.234 e. The summed E-state index contributed by atoms with van der Waals surface area (Å²) in [7, 11) is 1.62. The molecule has 1 amide bonds. The Morgan fingerprint density at radius 2 is 2.35 bits per heavy atom. The minimum atomic E-state index is -0.508. The molecule has 3 N–H and O–H groups in total. The lowest BCUT2D eigenvalue weighted by atomic mass is 9.87. The molecule has 1 aromatic carbocycles. The molecule has 1 atom stereocenters. The number of H-pyrrole nitrogens is 1. The summed E-state index contributed by atoms with van der Waals surface area (Å²) < 4.78 is 5.26. The molecular formula is C16H21N5O2. The lowest BCUT2D eigenvalue weighted by molar-refractivity contribution is -0.127. The maximum absolute atomic E-state index is 12.7. The first kappa shape index (κ1) is 15.6. The maximum atomic E-state index is 12.7. The molecule has 2 heterocycles. The zero-order chi connectivity index (χ0) is 16.3. The van der Waals surface area contributed by atoms with E-state index in [9.17, 15) is 4.79 Å². The predicted octanol–water partition coefficient (Wildman–Crippen LogP) is 1.34. The van der Waals surface area contributed by atoms with Gasteiger partial charge in [0.15, 0.2) is 5.82 Å². The molecule has 1 saturated heterocycles. The number of amides is 1. The number of rotatable bonds is 5. The third-order valence-corrected chi connectivity index (χ3v) is 4.12. The van der Waals surface area contributed by atoms with Crippen LogP contribution in [0.1, 0.15) is 12.2 Å². The normalized spacial score (nSPS) is 20.6. The van der Waals surface area contributed by atoms with Crippen LogP contribution in [0.25, 0.3) is 11.4 Å². The molecule has 1 unspecified atom stereocenters. The van der Waals surface area contributed by atoms with E-state index >= 15 is 0 Å². The molecule has 0 saturated carbocycles. The van der Waals surface area contributed by atoms with Gasteiger partial charge in [0.05, 0.1) is 12.0 Å². The fraction of sp³-hybridized carbons (Fsp3) is 0.438. The van der Waals surface area contributed by atoms with Crippen LogP contribution in [0, 0.1) is 12.3 Å². The zero-order valence-electron chi connectivity index (χ0n) is 13.3. The van der Waals surface area contributed by atoms with E-state index in [-0.39, 0.29) is 5.91 Å². The van der Waals surface area contributed by atoms with E-state index in [0.717, 1.165) is 30.0 Å². The standard InChI is InChI=1S/C16H21N5O2/c1-11-18-14(21-20-11)12-4-3-5-13(8-12)19-15(22)16(10-23-2)6-7-17-9-16/h3-5,8,17H,6-7,9-10H2,1-2H3,(H,19,22)(H,18,20,21). The van der Waals surface area contributed by atoms with E-state index < -0.39 is 5.41 Å². The van der Waals surface area contributed by atoms with Gasteiger partial charge in [0, 0.05) is 24.9 Å². The lowest BCUT2D eigenvalue weighted by Gasteiger charge is -2.26. The minimum Gasteiger partial charge on any atom is -0.384 e. The molecule has 1 aromatic heterocycles. The number of nitrogens with one attached hydrogen (secondary N) is 3. The van der Waals surface area contributed by atoms with Crippen molar-refractivity contribution in [2.24, 2.45) is 5.41 Å². The van der Waals surface area contributed by atoms with E-state index in [1.807, 2.05) is 31.2 Å². The van der Waals surface area contributed by atoms with Crippen LogP contribution >= 0.6 is 0 Å². The number of carbonyl (C=O) groups excluding carboxylic acids is 1. The Balaban J connectivity index is 1.78. The molecule has 7 heteroatoms. The van der Waals surface area contributed by atoms with Crippen molar-refractivity contribution in [3.05, 3.63) is 30.1 Å². The fourth-order valence-electron chi connectivity index (χ4n) is 2.87. The van der Waals surface area contributed by atoms with Gasteiger partial charge in [0.25, 0.3) is 0 Å². The Kier molecular flexibility index (Phi) is 4.40. The third-order valence-electron chi connectivity index (χ3n) is 4.12. The van der Waals surface area contributed by atoms with Crippen LogP contribution in [0.5, 0.6) is 0 Å². The maximum Gasteiger partial charge on any atom is 0.234 e. The van der Waals surface area contributed by atoms with Crippen LogP contribution in [0.3, 0.4) is 0 Å². The predicted molar refractivity (Wildman–Crippen MR) is 87.0 cm³/mol. The summed E-state index contributed by atoms with van der Waals surface area (Å²) in [5.74, 6) is 1.35. The average Bonchev–Trinajstić information content (AvgIpc) is 3.18. The number of hydrogen-bond donors (Lipinski definition) is 3. The number of aromatic nitrogens is 3. The van der Waals surface area contributed by atoms with Crippen molar-refractivity contribution in [2.75, 3.05) is 32.1 Å². The number of aromatic amines is 1. The Hall–Kier alpha value is -2.25. The lowest BCUT2D eigenvalue weighted by Crippen LogP contribution is -2.41. The summed E-state index contributed by atoms with van der Waals surface area (Å²) >= 11 is 0. The van der Waals surface area contributed by atoms with Gasteiger partial charge in [0.1, 0.15) is 5.82 Å². The van der Waals surface area contributed by atoms with Gasteiger partial charge >= 0.3 is 0 Å². The van der Waals surface area contributed by atoms with Crippen LogP contribution < -0.4 is 10.6 Å². The molecule has 3 rings (SSSR count). The molecule has 2 aromatic rings. The van der Waals surface area contributed by atoms with Crippen molar-refractivity contribution in [1.29, 1.82) is 0 Å². The first-order valence-electron chi connectivity index (χ1n) is 7.63. The number of benzene rings is 1. The van der Waals surface area contributed by atoms with E-state index in [0.29, 0.717) is 19.0 Å². The molecule has 7 nitrogen and oxygen atoms in total. The molecule has 1 aliphatic heterocycles. The van der Waals surface area contributed by atoms with Gasteiger partial charge in [-0.05, 0) is 32.0 Å². The summed E-state index contributed by atoms with van der Waals surface area (Å²) in [5, 5.41) is 13.2. The highest BCUT2D eigenvalue weighted by molar-refractivity contribution is 5.96. The number of carbonyl (C=O) groups is 1. The van der Waals surface area contributed by atoms with Crippen LogP contribution in [0.2, 0.25) is 0 Å². The van der Waals surface area contributed by atoms with E-state index in [1.165, 1.54) is 0 Å². The van der Waals surface area contributed by atoms with Crippen molar-refractivity contribution in [1.82, 2.24) is 20.5 Å². The van der Waals surface area contributed by atoms with Crippen LogP contribution in [0.4, 0.5) is 5.69 Å². The van der Waals surface area contributed by atoms with Gasteiger partial charge in [-0.1, -0.05) is 12.1 Å². The van der Waals surface area contributed by atoms with Crippen LogP contribution in [-0.4, -0.2) is 47.9 Å². The van der Waals surface area contributed by atoms with Gasteiger partial charge in [-0.3, -0.25) is 9.89 Å². The first-order valence-corrected chi connectivity index (χ1v) is 7.63. The quantitative estimate of drug-likeness (QED) is 0.774. The summed E-state index contributed by atoms with van der Waals surface area (Å²) in [5.41, 5.74) is 1.08. The topological polar surface area (TPSA) is 91.9 Å². The second-order valence-corrected chi connectivity index (χ2v) is 5.92. The summed E-state index contributed by atoms with van der Waals surface area (Å²) in [4.78, 5) is 17.0. The van der Waals surface area contributed by atoms with Crippen LogP contribution in [0.15, 0.2) is 24.3 Å². The van der Waals surface area contributed by atoms with Crippen molar-refractivity contribution in [2.45, 2.75) is 13.3 Å². The van der Waals surface area contributed by atoms with Crippen molar-refractivity contribution in [3.63, 3.8) is 0 Å². The van der Waals surface area contributed by atoms with Crippen LogP contribution in [-0.2, 0) is 9.53 Å². The number of hydrogen-bond acceptors (Lipinski definition) is 5. The Morgan fingerprint density at radius 3 is 3.00 bits per heavy atom. The number of aryl methyl sites for hydroxylation is 1. The third kappa shape index (κ3) is 3.25. The minimum absolute atomic E-state index is 0.0207. The van der Waals surface area contributed by atoms with Crippen molar-refractivity contribution < 1.29 is 9.53 Å². The molecule has 1 aliphatic rings. The molecule has 23 heavy (non-hydrogen) atoms. The summed E-state index contributed by atoms with van der Waals surface area (Å²) in [6, 6.07) is 7.54. The SMILES string of the molecule is COCC1(C(=O)Nc2cccc(-c3n[nH]c(C)n3)c2)CCNC1. The second kappa shape index (κ2) is 6.47. The van der Waals surface area contributed by atoms with Gasteiger partial charge < -0.3 is 15.4 Å². The van der Waals surface area contributed by atoms with Gasteiger partial charge in [-0.15, -0.1) is 0 Å². The molecule has 0 radical (unpaired) electrons. The van der Waals surface area contributed by atoms with Crippen molar-refractivity contribution in [3.8, 4) is 11.4 Å². The van der Waals surface area contributed by atoms with Gasteiger partial charge in [-0.2, -0.15) is 5.10 Å². The Bertz CT molecular complexity index is 691. The molecule has 0 bridgehead atoms.